The quantitative estimate of drug-likeness (QED) is 0.308. The van der Waals surface area contributed by atoms with Crippen molar-refractivity contribution in [1.82, 2.24) is 10.2 Å². The first-order chi connectivity index (χ1) is 17.1. The first-order valence-corrected chi connectivity index (χ1v) is 11.3. The van der Waals surface area contributed by atoms with Crippen molar-refractivity contribution in [3.8, 4) is 11.5 Å². The second kappa shape index (κ2) is 14.3. The zero-order valence-electron chi connectivity index (χ0n) is 19.8. The molecule has 0 fully saturated rings. The molecule has 0 aliphatic rings. The molecule has 0 aromatic heterocycles. The summed E-state index contributed by atoms with van der Waals surface area (Å²) < 4.78 is 5.78. The van der Waals surface area contributed by atoms with Gasteiger partial charge in [-0.25, -0.2) is 14.4 Å². The molecule has 1 atom stereocenters. The van der Waals surface area contributed by atoms with Crippen molar-refractivity contribution in [1.29, 1.82) is 0 Å². The Labute approximate surface area is 214 Å². The van der Waals surface area contributed by atoms with Gasteiger partial charge in [0, 0.05) is 10.7 Å². The first kappa shape index (κ1) is 28.2. The Morgan fingerprint density at radius 1 is 0.861 bits per heavy atom. The molecule has 4 N–H and O–H groups in total. The molecule has 0 radical (unpaired) electrons. The Morgan fingerprint density at radius 3 is 1.94 bits per heavy atom. The van der Waals surface area contributed by atoms with Gasteiger partial charge in [0.1, 0.15) is 11.5 Å². The van der Waals surface area contributed by atoms with Crippen molar-refractivity contribution in [3.63, 3.8) is 0 Å². The van der Waals surface area contributed by atoms with E-state index in [0.717, 1.165) is 24.3 Å². The van der Waals surface area contributed by atoms with Crippen LogP contribution in [0.5, 0.6) is 11.5 Å². The number of carbonyl (C=O) groups excluding carboxylic acids is 1. The number of carbonyl (C=O) groups is 3. The number of hydrogen-bond acceptors (Lipinski definition) is 5. The van der Waals surface area contributed by atoms with Crippen LogP contribution in [0.2, 0.25) is 5.02 Å². The Bertz CT molecular complexity index is 1110. The van der Waals surface area contributed by atoms with Crippen LogP contribution in [0.25, 0.3) is 0 Å². The number of urea groups is 1. The van der Waals surface area contributed by atoms with E-state index in [0.29, 0.717) is 16.5 Å². The number of halogens is 1. The number of hydrogen-bond donors (Lipinski definition) is 4. The predicted octanol–water partition coefficient (Wildman–Crippen LogP) is 5.10. The number of aliphatic carboxylic acids is 2. The normalized spacial score (nSPS) is 11.0. The molecule has 0 spiro atoms. The summed E-state index contributed by atoms with van der Waals surface area (Å²) in [5.74, 6) is -2.18. The van der Waals surface area contributed by atoms with Crippen LogP contribution in [0.4, 0.5) is 10.5 Å². The van der Waals surface area contributed by atoms with E-state index in [1.807, 2.05) is 93.0 Å². The summed E-state index contributed by atoms with van der Waals surface area (Å²) in [5, 5.41) is 21.4. The molecule has 2 amide bonds. The van der Waals surface area contributed by atoms with Crippen LogP contribution in [-0.4, -0.2) is 53.7 Å². The van der Waals surface area contributed by atoms with Gasteiger partial charge in [-0.3, -0.25) is 0 Å². The summed E-state index contributed by atoms with van der Waals surface area (Å²) in [6.45, 7) is 0.846. The minimum absolute atomic E-state index is 0.120. The zero-order valence-corrected chi connectivity index (χ0v) is 20.6. The summed E-state index contributed by atoms with van der Waals surface area (Å²) >= 11 is 6.00. The summed E-state index contributed by atoms with van der Waals surface area (Å²) in [6, 6.07) is 24.0. The van der Waals surface area contributed by atoms with Crippen LogP contribution in [-0.2, 0) is 9.59 Å². The summed E-state index contributed by atoms with van der Waals surface area (Å²) in [4.78, 5) is 32.9. The van der Waals surface area contributed by atoms with E-state index >= 15 is 0 Å². The Morgan fingerprint density at radius 2 is 1.42 bits per heavy atom. The van der Waals surface area contributed by atoms with Crippen molar-refractivity contribution in [2.45, 2.75) is 12.5 Å². The van der Waals surface area contributed by atoms with Crippen LogP contribution in [0, 0.1) is 0 Å². The number of carboxylic acids is 2. The number of para-hydroxylation sites is 1. The highest BCUT2D eigenvalue weighted by Crippen LogP contribution is 2.23. The standard InChI is InChI=1S/C24H26ClN3O2.C2H2O4/c1-28(2)17-16-23(18-8-10-19(25)11-9-18)27-24(29)26-20-12-14-22(15-13-20)30-21-6-4-3-5-7-21;3-1(4)2(5)6/h3-15,23H,16-17H2,1-2H3,(H2,26,27,29);(H,3,4)(H,5,6). The maximum atomic E-state index is 12.6. The molecule has 0 heterocycles. The fourth-order valence-corrected chi connectivity index (χ4v) is 3.09. The lowest BCUT2D eigenvalue weighted by Gasteiger charge is -2.21. The molecule has 190 valence electrons. The highest BCUT2D eigenvalue weighted by atomic mass is 35.5. The topological polar surface area (TPSA) is 128 Å². The monoisotopic (exact) mass is 513 g/mol. The second-order valence-electron chi connectivity index (χ2n) is 7.84. The number of benzene rings is 3. The van der Waals surface area contributed by atoms with E-state index in [9.17, 15) is 4.79 Å². The van der Waals surface area contributed by atoms with Crippen molar-refractivity contribution >= 4 is 35.3 Å². The van der Waals surface area contributed by atoms with Gasteiger partial charge in [-0.15, -0.1) is 0 Å². The van der Waals surface area contributed by atoms with Gasteiger partial charge >= 0.3 is 18.0 Å². The fraction of sp³-hybridized carbons (Fsp3) is 0.192. The number of carboxylic acid groups (broad SMARTS) is 2. The molecular weight excluding hydrogens is 486 g/mol. The van der Waals surface area contributed by atoms with Gasteiger partial charge in [0.05, 0.1) is 6.04 Å². The van der Waals surface area contributed by atoms with Gasteiger partial charge in [0.2, 0.25) is 0 Å². The summed E-state index contributed by atoms with van der Waals surface area (Å²) in [5.41, 5.74) is 1.71. The van der Waals surface area contributed by atoms with E-state index < -0.39 is 11.9 Å². The summed E-state index contributed by atoms with van der Waals surface area (Å²) in [6.07, 6.45) is 0.784. The van der Waals surface area contributed by atoms with E-state index in [1.165, 1.54) is 0 Å². The fourth-order valence-electron chi connectivity index (χ4n) is 2.96. The zero-order chi connectivity index (χ0) is 26.5. The third-order valence-electron chi connectivity index (χ3n) is 4.72. The number of nitrogens with zero attached hydrogens (tertiary/aromatic N) is 1. The third-order valence-corrected chi connectivity index (χ3v) is 4.97. The van der Waals surface area contributed by atoms with Crippen LogP contribution < -0.4 is 15.4 Å². The molecule has 0 aliphatic heterocycles. The van der Waals surface area contributed by atoms with Gasteiger partial charge < -0.3 is 30.5 Å². The lowest BCUT2D eigenvalue weighted by atomic mass is 10.0. The average molecular weight is 514 g/mol. The van der Waals surface area contributed by atoms with Crippen LogP contribution in [0.1, 0.15) is 18.0 Å². The van der Waals surface area contributed by atoms with E-state index in [2.05, 4.69) is 15.5 Å². The number of rotatable bonds is 8. The van der Waals surface area contributed by atoms with Gasteiger partial charge in [-0.1, -0.05) is 41.9 Å². The van der Waals surface area contributed by atoms with Gasteiger partial charge in [-0.05, 0) is 81.2 Å². The Kier molecular flexibility index (Phi) is 11.2. The number of ether oxygens (including phenoxy) is 1. The first-order valence-electron chi connectivity index (χ1n) is 10.9. The third kappa shape index (κ3) is 10.5. The number of nitrogens with one attached hydrogen (secondary N) is 2. The minimum Gasteiger partial charge on any atom is -0.473 e. The molecule has 3 rings (SSSR count). The van der Waals surface area contributed by atoms with Crippen LogP contribution >= 0.6 is 11.6 Å². The van der Waals surface area contributed by atoms with Crippen LogP contribution in [0.15, 0.2) is 78.9 Å². The van der Waals surface area contributed by atoms with E-state index in [-0.39, 0.29) is 12.1 Å². The summed E-state index contributed by atoms with van der Waals surface area (Å²) in [7, 11) is 4.02. The highest BCUT2D eigenvalue weighted by molar-refractivity contribution is 6.30. The van der Waals surface area contributed by atoms with Crippen LogP contribution in [0.3, 0.4) is 0 Å². The minimum atomic E-state index is -1.82. The molecule has 0 bridgehead atoms. The smallest absolute Gasteiger partial charge is 0.414 e. The van der Waals surface area contributed by atoms with E-state index in [1.54, 1.807) is 0 Å². The van der Waals surface area contributed by atoms with Crippen molar-refractivity contribution in [3.05, 3.63) is 89.4 Å². The van der Waals surface area contributed by atoms with E-state index in [4.69, 9.17) is 36.1 Å². The van der Waals surface area contributed by atoms with Crippen molar-refractivity contribution in [2.75, 3.05) is 26.0 Å². The number of anilines is 1. The highest BCUT2D eigenvalue weighted by Gasteiger charge is 2.15. The van der Waals surface area contributed by atoms with Gasteiger partial charge in [-0.2, -0.15) is 0 Å². The Balaban J connectivity index is 0.000000678. The molecule has 0 saturated heterocycles. The lowest BCUT2D eigenvalue weighted by molar-refractivity contribution is -0.159. The lowest BCUT2D eigenvalue weighted by Crippen LogP contribution is -2.34. The molecule has 3 aromatic carbocycles. The maximum absolute atomic E-state index is 12.6. The van der Waals surface area contributed by atoms with Crippen molar-refractivity contribution < 1.29 is 29.3 Å². The molecule has 0 saturated carbocycles. The molecular formula is C26H28ClN3O6. The average Bonchev–Trinajstić information content (AvgIpc) is 2.84. The molecule has 36 heavy (non-hydrogen) atoms. The van der Waals surface area contributed by atoms with Crippen molar-refractivity contribution in [2.24, 2.45) is 0 Å². The molecule has 1 unspecified atom stereocenters. The van der Waals surface area contributed by atoms with Gasteiger partial charge in [0.15, 0.2) is 0 Å². The molecule has 9 nitrogen and oxygen atoms in total. The molecule has 3 aromatic rings. The molecule has 10 heteroatoms. The maximum Gasteiger partial charge on any atom is 0.414 e. The Hall–Kier alpha value is -4.08. The predicted molar refractivity (Wildman–Crippen MR) is 138 cm³/mol. The second-order valence-corrected chi connectivity index (χ2v) is 8.28. The molecule has 0 aliphatic carbocycles. The number of amides is 2. The van der Waals surface area contributed by atoms with Gasteiger partial charge in [0.25, 0.3) is 0 Å². The SMILES string of the molecule is CN(C)CCC(NC(=O)Nc1ccc(Oc2ccccc2)cc1)c1ccc(Cl)cc1.O=C(O)C(=O)O. The largest absolute Gasteiger partial charge is 0.473 e.